The summed E-state index contributed by atoms with van der Waals surface area (Å²) in [6.45, 7) is 2.07. The third-order valence-corrected chi connectivity index (χ3v) is 3.83. The molecule has 0 radical (unpaired) electrons. The minimum atomic E-state index is -0.641. The number of carbonyl (C=O) groups is 1. The van der Waals surface area contributed by atoms with Crippen LogP contribution in [0.3, 0.4) is 0 Å². The molecule has 0 unspecified atom stereocenters. The maximum absolute atomic E-state index is 13.7. The normalized spacial score (nSPS) is 11.2. The molecule has 2 aromatic carbocycles. The highest BCUT2D eigenvalue weighted by molar-refractivity contribution is 5.95. The number of rotatable bonds is 6. The Morgan fingerprint density at radius 2 is 1.77 bits per heavy atom. The third-order valence-electron chi connectivity index (χ3n) is 3.83. The second kappa shape index (κ2) is 8.47. The molecular formula is C20H21F2NO3. The van der Waals surface area contributed by atoms with E-state index in [1.807, 2.05) is 0 Å². The fourth-order valence-corrected chi connectivity index (χ4v) is 2.57. The van der Waals surface area contributed by atoms with Crippen LogP contribution in [0.15, 0.2) is 42.0 Å². The summed E-state index contributed by atoms with van der Waals surface area (Å²) in [5.74, 6) is -0.475. The van der Waals surface area contributed by atoms with E-state index in [9.17, 15) is 13.6 Å². The van der Waals surface area contributed by atoms with Crippen molar-refractivity contribution in [3.63, 3.8) is 0 Å². The van der Waals surface area contributed by atoms with E-state index in [2.05, 4.69) is 0 Å². The molecule has 2 rings (SSSR count). The number of halogens is 2. The largest absolute Gasteiger partial charge is 0.493 e. The predicted molar refractivity (Wildman–Crippen MR) is 96.5 cm³/mol. The van der Waals surface area contributed by atoms with Crippen LogP contribution in [0.4, 0.5) is 8.78 Å². The van der Waals surface area contributed by atoms with E-state index in [0.717, 1.165) is 11.6 Å². The monoisotopic (exact) mass is 361 g/mol. The zero-order valence-corrected chi connectivity index (χ0v) is 15.2. The van der Waals surface area contributed by atoms with Crippen molar-refractivity contribution in [2.45, 2.75) is 6.92 Å². The Balaban J connectivity index is 2.14. The van der Waals surface area contributed by atoms with Crippen LogP contribution in [-0.4, -0.2) is 38.6 Å². The molecule has 0 atom stereocenters. The first-order chi connectivity index (χ1) is 12.3. The van der Waals surface area contributed by atoms with Gasteiger partial charge in [0.25, 0.3) is 5.91 Å². The fraction of sp³-hybridized carbons (Fsp3) is 0.250. The number of hydrogen-bond acceptors (Lipinski definition) is 3. The lowest BCUT2D eigenvalue weighted by Gasteiger charge is -2.18. The minimum Gasteiger partial charge on any atom is -0.493 e. The van der Waals surface area contributed by atoms with E-state index in [1.54, 1.807) is 38.2 Å². The van der Waals surface area contributed by atoms with Crippen molar-refractivity contribution in [1.82, 2.24) is 4.90 Å². The molecule has 0 N–H and O–H groups in total. The first-order valence-electron chi connectivity index (χ1n) is 7.95. The van der Waals surface area contributed by atoms with Crippen LogP contribution in [0.5, 0.6) is 11.5 Å². The van der Waals surface area contributed by atoms with Crippen LogP contribution in [0.25, 0.3) is 6.08 Å². The quantitative estimate of drug-likeness (QED) is 0.776. The van der Waals surface area contributed by atoms with Gasteiger partial charge in [-0.1, -0.05) is 11.6 Å². The van der Waals surface area contributed by atoms with Crippen LogP contribution in [-0.2, 0) is 0 Å². The summed E-state index contributed by atoms with van der Waals surface area (Å²) in [5, 5.41) is 0. The molecule has 0 saturated heterocycles. The minimum absolute atomic E-state index is 0.210. The van der Waals surface area contributed by atoms with Gasteiger partial charge >= 0.3 is 0 Å². The van der Waals surface area contributed by atoms with E-state index in [4.69, 9.17) is 9.47 Å². The molecule has 0 aromatic heterocycles. The second-order valence-electron chi connectivity index (χ2n) is 5.89. The van der Waals surface area contributed by atoms with E-state index < -0.39 is 11.6 Å². The van der Waals surface area contributed by atoms with Gasteiger partial charge in [0, 0.05) is 30.8 Å². The predicted octanol–water partition coefficient (Wildman–Crippen LogP) is 4.16. The SMILES string of the molecule is COc1ccc(C(=O)N(C)C/C(C)=C/c2ccc(F)cc2F)cc1OC. The average Bonchev–Trinajstić information content (AvgIpc) is 2.62. The van der Waals surface area contributed by atoms with Crippen LogP contribution in [0.2, 0.25) is 0 Å². The Morgan fingerprint density at radius 3 is 2.38 bits per heavy atom. The van der Waals surface area contributed by atoms with E-state index >= 15 is 0 Å². The molecular weight excluding hydrogens is 340 g/mol. The molecule has 138 valence electrons. The number of likely N-dealkylation sites (N-methyl/N-ethyl adjacent to an activating group) is 1. The Morgan fingerprint density at radius 1 is 1.08 bits per heavy atom. The van der Waals surface area contributed by atoms with Gasteiger partial charge < -0.3 is 14.4 Å². The lowest BCUT2D eigenvalue weighted by Crippen LogP contribution is -2.28. The number of nitrogens with zero attached hydrogens (tertiary/aromatic N) is 1. The highest BCUT2D eigenvalue weighted by Crippen LogP contribution is 2.28. The zero-order chi connectivity index (χ0) is 19.3. The topological polar surface area (TPSA) is 38.8 Å². The standard InChI is InChI=1S/C20H21F2NO3/c1-13(9-14-5-7-16(21)11-17(14)22)12-23(2)20(24)15-6-8-18(25-3)19(10-15)26-4/h5-11H,12H2,1-4H3/b13-9+. The summed E-state index contributed by atoms with van der Waals surface area (Å²) in [5.41, 5.74) is 1.48. The van der Waals surface area contributed by atoms with Crippen LogP contribution < -0.4 is 9.47 Å². The Kier molecular flexibility index (Phi) is 6.33. The molecule has 0 aliphatic rings. The van der Waals surface area contributed by atoms with Gasteiger partial charge in [-0.25, -0.2) is 8.78 Å². The van der Waals surface area contributed by atoms with Crippen molar-refractivity contribution in [3.05, 3.63) is 64.7 Å². The summed E-state index contributed by atoms with van der Waals surface area (Å²) in [6, 6.07) is 8.31. The van der Waals surface area contributed by atoms with Gasteiger partial charge in [0.05, 0.1) is 14.2 Å². The third kappa shape index (κ3) is 4.59. The lowest BCUT2D eigenvalue weighted by atomic mass is 10.1. The fourth-order valence-electron chi connectivity index (χ4n) is 2.57. The highest BCUT2D eigenvalue weighted by Gasteiger charge is 2.15. The molecule has 0 heterocycles. The van der Waals surface area contributed by atoms with E-state index in [-0.39, 0.29) is 11.5 Å². The number of hydrogen-bond donors (Lipinski definition) is 0. The van der Waals surface area contributed by atoms with E-state index in [1.165, 1.54) is 31.3 Å². The van der Waals surface area contributed by atoms with Crippen LogP contribution in [0.1, 0.15) is 22.8 Å². The Hall–Kier alpha value is -2.89. The molecule has 6 heteroatoms. The highest BCUT2D eigenvalue weighted by atomic mass is 19.1. The number of ether oxygens (including phenoxy) is 2. The molecule has 0 aliphatic heterocycles. The van der Waals surface area contributed by atoms with Crippen molar-refractivity contribution >= 4 is 12.0 Å². The van der Waals surface area contributed by atoms with Gasteiger partial charge in [-0.2, -0.15) is 0 Å². The van der Waals surface area contributed by atoms with Crippen molar-refractivity contribution in [2.24, 2.45) is 0 Å². The number of amides is 1. The number of benzene rings is 2. The van der Waals surface area contributed by atoms with E-state index in [0.29, 0.717) is 23.6 Å². The van der Waals surface area contributed by atoms with Crippen LogP contribution in [0, 0.1) is 11.6 Å². The summed E-state index contributed by atoms with van der Waals surface area (Å²) in [4.78, 5) is 14.1. The van der Waals surface area contributed by atoms with Gasteiger partial charge in [-0.05, 0) is 37.3 Å². The first kappa shape index (κ1) is 19.4. The van der Waals surface area contributed by atoms with Crippen molar-refractivity contribution in [1.29, 1.82) is 0 Å². The molecule has 2 aromatic rings. The maximum atomic E-state index is 13.7. The van der Waals surface area contributed by atoms with Gasteiger partial charge in [0.2, 0.25) is 0 Å². The molecule has 0 bridgehead atoms. The first-order valence-corrected chi connectivity index (χ1v) is 7.95. The maximum Gasteiger partial charge on any atom is 0.254 e. The zero-order valence-electron chi connectivity index (χ0n) is 15.2. The van der Waals surface area contributed by atoms with Gasteiger partial charge in [-0.3, -0.25) is 4.79 Å². The lowest BCUT2D eigenvalue weighted by molar-refractivity contribution is 0.0806. The second-order valence-corrected chi connectivity index (χ2v) is 5.89. The van der Waals surface area contributed by atoms with Crippen LogP contribution >= 0.6 is 0 Å². The number of methoxy groups -OCH3 is 2. The molecule has 0 saturated carbocycles. The summed E-state index contributed by atoms with van der Waals surface area (Å²) < 4.78 is 37.1. The van der Waals surface area contributed by atoms with Crippen molar-refractivity contribution in [2.75, 3.05) is 27.8 Å². The average molecular weight is 361 g/mol. The molecule has 0 fully saturated rings. The molecule has 0 spiro atoms. The summed E-state index contributed by atoms with van der Waals surface area (Å²) in [7, 11) is 4.67. The summed E-state index contributed by atoms with van der Waals surface area (Å²) in [6.07, 6.45) is 1.59. The smallest absolute Gasteiger partial charge is 0.254 e. The Bertz CT molecular complexity index is 834. The molecule has 0 aliphatic carbocycles. The molecule has 4 nitrogen and oxygen atoms in total. The van der Waals surface area contributed by atoms with Crippen molar-refractivity contribution < 1.29 is 23.0 Å². The molecule has 26 heavy (non-hydrogen) atoms. The van der Waals surface area contributed by atoms with Gasteiger partial charge in [-0.15, -0.1) is 0 Å². The number of carbonyl (C=O) groups excluding carboxylic acids is 1. The van der Waals surface area contributed by atoms with Crippen molar-refractivity contribution in [3.8, 4) is 11.5 Å². The Labute approximate surface area is 151 Å². The summed E-state index contributed by atoms with van der Waals surface area (Å²) >= 11 is 0. The van der Waals surface area contributed by atoms with Gasteiger partial charge in [0.15, 0.2) is 11.5 Å². The molecule has 1 amide bonds. The van der Waals surface area contributed by atoms with Gasteiger partial charge in [0.1, 0.15) is 11.6 Å².